The molecule has 0 saturated carbocycles. The largest absolute Gasteiger partial charge is 1.00 e. The van der Waals surface area contributed by atoms with Gasteiger partial charge in [0, 0.05) is 114 Å². The predicted molar refractivity (Wildman–Crippen MR) is 228 cm³/mol. The Bertz CT molecular complexity index is 2190. The van der Waals surface area contributed by atoms with Gasteiger partial charge in [0.1, 0.15) is 24.7 Å². The number of benzene rings is 4. The summed E-state index contributed by atoms with van der Waals surface area (Å²) in [4.78, 5) is 38.5. The average Bonchev–Trinajstić information content (AvgIpc) is 3.98. The summed E-state index contributed by atoms with van der Waals surface area (Å²) in [6.07, 6.45) is -6.92. The number of ether oxygens (including phenoxy) is 3. The van der Waals surface area contributed by atoms with Crippen LogP contribution in [0.1, 0.15) is 42.0 Å². The Morgan fingerprint density at radius 1 is 0.750 bits per heavy atom. The fraction of sp³-hybridized carbons (Fsp3) is 0.364. The Balaban J connectivity index is 0.000000969. The van der Waals surface area contributed by atoms with Crippen LogP contribution < -0.4 is 78.9 Å². The number of alkyl halides is 6. The Labute approximate surface area is 508 Å². The van der Waals surface area contributed by atoms with Gasteiger partial charge in [-0.25, -0.2) is 9.59 Å². The van der Waals surface area contributed by atoms with Gasteiger partial charge in [-0.2, -0.15) is 40.0 Å². The summed E-state index contributed by atoms with van der Waals surface area (Å²) in [6.45, 7) is 4.27. The van der Waals surface area contributed by atoms with E-state index in [2.05, 4.69) is 4.89 Å². The number of hydrogen-bond donors (Lipinski definition) is 1. The molecule has 68 heavy (non-hydrogen) atoms. The molecule has 1 N–H and O–H groups in total. The molecule has 361 valence electrons. The fourth-order valence-corrected chi connectivity index (χ4v) is 6.15. The van der Waals surface area contributed by atoms with E-state index in [0.29, 0.717) is 38.5 Å². The molecule has 0 spiro atoms. The van der Waals surface area contributed by atoms with Gasteiger partial charge in [0.2, 0.25) is 0 Å². The number of carbonyl (C=O) groups is 3. The van der Waals surface area contributed by atoms with E-state index in [1.807, 2.05) is 60.7 Å². The number of aromatic hydroxyl groups is 1. The molecule has 1 radical (unpaired) electrons. The molecule has 15 nitrogen and oxygen atoms in total. The van der Waals surface area contributed by atoms with Crippen LogP contribution in [0.4, 0.5) is 35.9 Å². The topological polar surface area (TPSA) is 205 Å². The molecule has 2 fully saturated rings. The third kappa shape index (κ3) is 28.4. The minimum Gasteiger partial charge on any atom is -0.662 e. The van der Waals surface area contributed by atoms with Crippen LogP contribution in [0, 0.1) is 23.2 Å². The fourth-order valence-electron chi connectivity index (χ4n) is 5.71. The summed E-state index contributed by atoms with van der Waals surface area (Å²) in [5.41, 5.74) is 0.396. The summed E-state index contributed by atoms with van der Waals surface area (Å²) in [5.74, 6) is 0.367. The van der Waals surface area contributed by atoms with Gasteiger partial charge >= 0.3 is 93.4 Å². The minimum atomic E-state index is -4.36. The Hall–Kier alpha value is -2.47. The Kier molecular flexibility index (Phi) is 33.5. The number of phenolic OH excluding ortho intramolecular Hbond substituents is 1. The first-order chi connectivity index (χ1) is 31.2. The van der Waals surface area contributed by atoms with E-state index in [1.165, 1.54) is 19.1 Å². The molecule has 4 aromatic carbocycles. The standard InChI is InChI=1S/C20H20F3NO3.C14H19NO5S.C7H5F3O.C2H3N.CH2O3.2Cs/c21-20(22,23)17-6-8-18(9-7-17)26-14-16-10-11-24(12-16)19(25)27-13-15-4-2-1-3-5-15;1-21(17,18)20-11-13-7-8-15(9-13)14(16)19-10-12-5-3-2-4-6-12;8-7(9,10)5-1-3-6(11)4-2-5;1-2-3;2-1-4-3;;/h1-9,16H,10-14H2;2-6,13H,7-11H2,1H3;1-4,11H;1H3;1,3H;;/q;;;;;;+1/p-1/t16-;13-;;;;;/m11...../s1. The number of phenols is 1. The van der Waals surface area contributed by atoms with Crippen molar-refractivity contribution in [1.82, 2.24) is 9.80 Å². The number of likely N-dealkylation sites (tertiary alicyclic amines) is 2. The Morgan fingerprint density at radius 2 is 1.12 bits per heavy atom. The zero-order chi connectivity index (χ0) is 49.2. The number of nitriles is 1. The van der Waals surface area contributed by atoms with E-state index in [4.69, 9.17) is 38.8 Å². The Morgan fingerprint density at radius 3 is 1.47 bits per heavy atom. The van der Waals surface area contributed by atoms with Gasteiger partial charge in [0.05, 0.1) is 36.7 Å². The number of halogens is 6. The molecule has 2 saturated heterocycles. The van der Waals surface area contributed by atoms with Crippen LogP contribution >= 0.6 is 0 Å². The number of amides is 2. The monoisotopic (exact) mass is 1220 g/mol. The molecule has 2 amide bonds. The summed E-state index contributed by atoms with van der Waals surface area (Å²) in [7, 11) is -3.43. The molecule has 6 rings (SSSR count). The van der Waals surface area contributed by atoms with Gasteiger partial charge in [-0.3, -0.25) is 8.98 Å². The molecular formula is C44H48Cs2F6N3O12S. The van der Waals surface area contributed by atoms with Crippen molar-refractivity contribution in [2.24, 2.45) is 11.8 Å². The summed E-state index contributed by atoms with van der Waals surface area (Å²) in [6, 6.07) is 28.9. The van der Waals surface area contributed by atoms with Crippen LogP contribution in [0.25, 0.3) is 0 Å². The third-order valence-corrected chi connectivity index (χ3v) is 9.48. The number of rotatable bonds is 11. The van der Waals surface area contributed by atoms with E-state index in [1.54, 1.807) is 15.9 Å². The van der Waals surface area contributed by atoms with Crippen molar-refractivity contribution < 1.29 is 152 Å². The van der Waals surface area contributed by atoms with Gasteiger partial charge in [0.25, 0.3) is 16.6 Å². The second kappa shape index (κ2) is 34.8. The third-order valence-electron chi connectivity index (χ3n) is 8.92. The maximum atomic E-state index is 12.6. The molecule has 2 aliphatic heterocycles. The second-order valence-corrected chi connectivity index (χ2v) is 15.7. The summed E-state index contributed by atoms with van der Waals surface area (Å²) >= 11 is 0. The quantitative estimate of drug-likeness (QED) is 0.0730. The molecule has 4 aromatic rings. The van der Waals surface area contributed by atoms with Gasteiger partial charge in [-0.05, 0) is 72.5 Å². The molecule has 2 atom stereocenters. The van der Waals surface area contributed by atoms with Crippen LogP contribution in [-0.4, -0.2) is 157 Å². The van der Waals surface area contributed by atoms with Crippen LogP contribution in [0.15, 0.2) is 109 Å². The minimum absolute atomic E-state index is 0. The van der Waals surface area contributed by atoms with E-state index in [0.717, 1.165) is 66.6 Å². The predicted octanol–water partition coefficient (Wildman–Crippen LogP) is 4.36. The SMILES string of the molecule is CC#N.CS(=O)(=O)OC[C@@H]1CCN(C(=O)OCc2ccccc2)C1.O=C(OCc1ccccc1)N1CC[C@@H](COc2ccc(C(F)(F)F)cc2)C1.O=CO[O-].Oc1ccc(C(F)(F)F)cc1.[Cs+].[Cs]. The van der Waals surface area contributed by atoms with Crippen molar-refractivity contribution in [2.45, 2.75) is 45.3 Å². The number of nitrogens with zero attached hydrogens (tertiary/aromatic N) is 3. The number of hydrogen-bond acceptors (Lipinski definition) is 13. The van der Waals surface area contributed by atoms with Crippen LogP contribution in [0.5, 0.6) is 11.5 Å². The van der Waals surface area contributed by atoms with Crippen molar-refractivity contribution in [1.29, 1.82) is 5.26 Å². The van der Waals surface area contributed by atoms with Gasteiger partial charge in [0.15, 0.2) is 0 Å². The second-order valence-electron chi connectivity index (χ2n) is 14.1. The van der Waals surface area contributed by atoms with E-state index in [-0.39, 0.29) is 194 Å². The zero-order valence-corrected chi connectivity index (χ0v) is 51.0. The molecule has 24 heteroatoms. The molecule has 0 aromatic heterocycles. The maximum Gasteiger partial charge on any atom is 1.00 e. The van der Waals surface area contributed by atoms with Crippen LogP contribution in [0.2, 0.25) is 0 Å². The molecule has 0 aliphatic carbocycles. The van der Waals surface area contributed by atoms with E-state index < -0.39 is 33.6 Å². The van der Waals surface area contributed by atoms with Crippen LogP contribution in [-0.2, 0) is 59.0 Å². The molecule has 0 unspecified atom stereocenters. The maximum absolute atomic E-state index is 12.6. The van der Waals surface area contributed by atoms with Gasteiger partial charge < -0.3 is 39.3 Å². The molecule has 2 aliphatic rings. The van der Waals surface area contributed by atoms with Gasteiger partial charge in [-0.15, -0.1) is 0 Å². The van der Waals surface area contributed by atoms with Crippen molar-refractivity contribution in [3.63, 3.8) is 0 Å². The molecular weight excluding hydrogens is 1170 g/mol. The zero-order valence-electron chi connectivity index (χ0n) is 37.7. The first-order valence-corrected chi connectivity index (χ1v) is 21.5. The number of carbonyl (C=O) groups excluding carboxylic acids is 3. The van der Waals surface area contributed by atoms with Crippen molar-refractivity contribution >= 4 is 97.7 Å². The summed E-state index contributed by atoms with van der Waals surface area (Å²) in [5, 5.41) is 24.4. The van der Waals surface area contributed by atoms with Crippen molar-refractivity contribution in [2.75, 3.05) is 45.6 Å². The average molecular weight is 1220 g/mol. The normalized spacial score (nSPS) is 14.8. The molecule has 2 heterocycles. The van der Waals surface area contributed by atoms with Crippen molar-refractivity contribution in [3.05, 3.63) is 131 Å². The first kappa shape index (κ1) is 65.5. The van der Waals surface area contributed by atoms with E-state index in [9.17, 15) is 44.3 Å². The summed E-state index contributed by atoms with van der Waals surface area (Å²) < 4.78 is 116. The van der Waals surface area contributed by atoms with Gasteiger partial charge in [-0.1, -0.05) is 60.7 Å². The molecule has 0 bridgehead atoms. The van der Waals surface area contributed by atoms with Crippen LogP contribution in [0.3, 0.4) is 0 Å². The smallest absolute Gasteiger partial charge is 0.662 e. The van der Waals surface area contributed by atoms with E-state index >= 15 is 0 Å². The first-order valence-electron chi connectivity index (χ1n) is 19.6. The van der Waals surface area contributed by atoms with Crippen molar-refractivity contribution in [3.8, 4) is 17.6 Å².